The van der Waals surface area contributed by atoms with Crippen LogP contribution >= 0.6 is 0 Å². The maximum Gasteiger partial charge on any atom is 0.0539 e. The quantitative estimate of drug-likeness (QED) is 0.554. The van der Waals surface area contributed by atoms with E-state index >= 15 is 0 Å². The zero-order valence-electron chi connectivity index (χ0n) is 8.14. The van der Waals surface area contributed by atoms with Crippen LogP contribution in [0.4, 0.5) is 0 Å². The Balaban J connectivity index is 3.38. The molecular weight excluding hydrogens is 140 g/mol. The lowest BCUT2D eigenvalue weighted by Gasteiger charge is -2.22. The molecule has 0 aromatic rings. The van der Waals surface area contributed by atoms with Crippen molar-refractivity contribution in [3.05, 3.63) is 0 Å². The van der Waals surface area contributed by atoms with E-state index in [-0.39, 0.29) is 5.41 Å². The molecule has 0 aromatic heterocycles. The molecule has 68 valence electrons. The third kappa shape index (κ3) is 6.32. The Morgan fingerprint density at radius 2 is 1.82 bits per heavy atom. The molecule has 0 rings (SSSR count). The molecule has 11 heavy (non-hydrogen) atoms. The van der Waals surface area contributed by atoms with Gasteiger partial charge in [-0.3, -0.25) is 0 Å². The average molecular weight is 160 g/mol. The first-order valence-electron chi connectivity index (χ1n) is 4.19. The van der Waals surface area contributed by atoms with Crippen LogP contribution in [0.2, 0.25) is 0 Å². The van der Waals surface area contributed by atoms with Gasteiger partial charge in [0.15, 0.2) is 0 Å². The topological polar surface area (TPSA) is 18.5 Å². The van der Waals surface area contributed by atoms with Gasteiger partial charge in [-0.1, -0.05) is 20.8 Å². The maximum atomic E-state index is 5.42. The lowest BCUT2D eigenvalue weighted by Crippen LogP contribution is -2.25. The van der Waals surface area contributed by atoms with Crippen molar-refractivity contribution in [2.75, 3.05) is 26.9 Å². The Hall–Kier alpha value is -0.0800. The normalized spacial score (nSPS) is 12.0. The van der Waals surface area contributed by atoms with Gasteiger partial charge in [0, 0.05) is 19.1 Å². The fourth-order valence-corrected chi connectivity index (χ4v) is 0.925. The molecule has 0 atom stereocenters. The lowest BCUT2D eigenvalue weighted by atomic mass is 9.96. The first-order valence-corrected chi connectivity index (χ1v) is 4.19. The van der Waals surface area contributed by atoms with Gasteiger partial charge in [-0.2, -0.15) is 0 Å². The van der Waals surface area contributed by atoms with Crippen LogP contribution in [0.15, 0.2) is 0 Å². The van der Waals surface area contributed by atoms with E-state index in [1.807, 2.05) is 0 Å². The summed E-state index contributed by atoms with van der Waals surface area (Å²) in [6, 6.07) is 0. The molecule has 2 heteroatoms. The van der Waals surface area contributed by atoms with E-state index in [0.29, 0.717) is 0 Å². The van der Waals surface area contributed by atoms with Crippen LogP contribution in [-0.4, -0.2) is 26.9 Å². The highest BCUT2D eigenvalue weighted by Gasteiger charge is 2.17. The summed E-state index contributed by atoms with van der Waals surface area (Å²) in [6.07, 6.45) is 1.09. The van der Waals surface area contributed by atoms with Crippen LogP contribution in [-0.2, 0) is 9.47 Å². The minimum absolute atomic E-state index is 0.157. The van der Waals surface area contributed by atoms with Crippen molar-refractivity contribution in [2.24, 2.45) is 5.41 Å². The number of hydrogen-bond acceptors (Lipinski definition) is 2. The molecular formula is C9H20O2. The third-order valence-electron chi connectivity index (χ3n) is 1.38. The van der Waals surface area contributed by atoms with Gasteiger partial charge in [-0.15, -0.1) is 0 Å². The average Bonchev–Trinajstić information content (AvgIpc) is 1.87. The first kappa shape index (κ1) is 10.9. The highest BCUT2D eigenvalue weighted by Crippen LogP contribution is 2.15. The number of methoxy groups -OCH3 is 1. The SMILES string of the molecule is CCCOCC(C)(C)COC. The van der Waals surface area contributed by atoms with E-state index in [1.165, 1.54) is 0 Å². The highest BCUT2D eigenvalue weighted by atomic mass is 16.5. The summed E-state index contributed by atoms with van der Waals surface area (Å²) in [5.41, 5.74) is 0.157. The molecule has 0 aliphatic carbocycles. The summed E-state index contributed by atoms with van der Waals surface area (Å²) in [4.78, 5) is 0. The van der Waals surface area contributed by atoms with Crippen LogP contribution in [0.25, 0.3) is 0 Å². The van der Waals surface area contributed by atoms with Gasteiger partial charge in [0.25, 0.3) is 0 Å². The molecule has 0 radical (unpaired) electrons. The molecule has 0 saturated heterocycles. The van der Waals surface area contributed by atoms with Gasteiger partial charge >= 0.3 is 0 Å². The van der Waals surface area contributed by atoms with Gasteiger partial charge in [0.05, 0.1) is 13.2 Å². The molecule has 0 N–H and O–H groups in total. The minimum atomic E-state index is 0.157. The number of hydrogen-bond donors (Lipinski definition) is 0. The van der Waals surface area contributed by atoms with Crippen LogP contribution < -0.4 is 0 Å². The van der Waals surface area contributed by atoms with E-state index in [9.17, 15) is 0 Å². The summed E-state index contributed by atoms with van der Waals surface area (Å²) in [6.45, 7) is 8.81. The van der Waals surface area contributed by atoms with Crippen molar-refractivity contribution >= 4 is 0 Å². The second kappa shape index (κ2) is 5.56. The number of rotatable bonds is 6. The van der Waals surface area contributed by atoms with E-state index in [2.05, 4.69) is 20.8 Å². The maximum absolute atomic E-state index is 5.42. The van der Waals surface area contributed by atoms with Crippen molar-refractivity contribution < 1.29 is 9.47 Å². The van der Waals surface area contributed by atoms with E-state index < -0.39 is 0 Å². The molecule has 0 aliphatic heterocycles. The molecule has 0 aliphatic rings. The minimum Gasteiger partial charge on any atom is -0.384 e. The first-order chi connectivity index (χ1) is 5.12. The Labute approximate surface area is 69.9 Å². The summed E-state index contributed by atoms with van der Waals surface area (Å²) in [5, 5.41) is 0. The predicted molar refractivity (Wildman–Crippen MR) is 46.8 cm³/mol. The molecule has 0 spiro atoms. The standard InChI is InChI=1S/C9H20O2/c1-5-6-11-8-9(2,3)7-10-4/h5-8H2,1-4H3. The zero-order valence-corrected chi connectivity index (χ0v) is 8.14. The van der Waals surface area contributed by atoms with Crippen molar-refractivity contribution in [1.82, 2.24) is 0 Å². The summed E-state index contributed by atoms with van der Waals surface area (Å²) < 4.78 is 10.5. The summed E-state index contributed by atoms with van der Waals surface area (Å²) in [5.74, 6) is 0. The fraction of sp³-hybridized carbons (Fsp3) is 1.00. The molecule has 2 nitrogen and oxygen atoms in total. The molecule has 0 fully saturated rings. The Morgan fingerprint density at radius 3 is 2.27 bits per heavy atom. The van der Waals surface area contributed by atoms with Gasteiger partial charge in [-0.05, 0) is 6.42 Å². The lowest BCUT2D eigenvalue weighted by molar-refractivity contribution is 0.0130. The van der Waals surface area contributed by atoms with E-state index in [4.69, 9.17) is 9.47 Å². The molecule has 0 aromatic carbocycles. The van der Waals surface area contributed by atoms with Gasteiger partial charge in [-0.25, -0.2) is 0 Å². The van der Waals surface area contributed by atoms with Crippen molar-refractivity contribution in [2.45, 2.75) is 27.2 Å². The Morgan fingerprint density at radius 1 is 1.18 bits per heavy atom. The third-order valence-corrected chi connectivity index (χ3v) is 1.38. The smallest absolute Gasteiger partial charge is 0.0539 e. The van der Waals surface area contributed by atoms with Crippen molar-refractivity contribution in [1.29, 1.82) is 0 Å². The summed E-state index contributed by atoms with van der Waals surface area (Å²) in [7, 11) is 1.72. The van der Waals surface area contributed by atoms with Gasteiger partial charge < -0.3 is 9.47 Å². The Kier molecular flexibility index (Phi) is 5.51. The fourth-order valence-electron chi connectivity index (χ4n) is 0.925. The highest BCUT2D eigenvalue weighted by molar-refractivity contribution is 4.65. The summed E-state index contributed by atoms with van der Waals surface area (Å²) >= 11 is 0. The van der Waals surface area contributed by atoms with Crippen LogP contribution in [0.1, 0.15) is 27.2 Å². The van der Waals surface area contributed by atoms with Crippen molar-refractivity contribution in [3.8, 4) is 0 Å². The molecule has 0 heterocycles. The monoisotopic (exact) mass is 160 g/mol. The second-order valence-corrected chi connectivity index (χ2v) is 3.65. The van der Waals surface area contributed by atoms with E-state index in [1.54, 1.807) is 7.11 Å². The van der Waals surface area contributed by atoms with Gasteiger partial charge in [0.2, 0.25) is 0 Å². The van der Waals surface area contributed by atoms with Crippen LogP contribution in [0.5, 0.6) is 0 Å². The van der Waals surface area contributed by atoms with Crippen LogP contribution in [0, 0.1) is 5.41 Å². The van der Waals surface area contributed by atoms with Crippen molar-refractivity contribution in [3.63, 3.8) is 0 Å². The molecule has 0 amide bonds. The number of ether oxygens (including phenoxy) is 2. The van der Waals surface area contributed by atoms with E-state index in [0.717, 1.165) is 26.2 Å². The van der Waals surface area contributed by atoms with Crippen LogP contribution in [0.3, 0.4) is 0 Å². The molecule has 0 saturated carbocycles. The zero-order chi connectivity index (χ0) is 8.74. The Bertz CT molecular complexity index is 89.6. The predicted octanol–water partition coefficient (Wildman–Crippen LogP) is 2.09. The second-order valence-electron chi connectivity index (χ2n) is 3.65. The largest absolute Gasteiger partial charge is 0.384 e. The molecule has 0 unspecified atom stereocenters. The molecule has 0 bridgehead atoms. The van der Waals surface area contributed by atoms with Gasteiger partial charge in [0.1, 0.15) is 0 Å².